The molecule has 1 aliphatic rings. The van der Waals surface area contributed by atoms with Crippen LogP contribution in [0.2, 0.25) is 0 Å². The summed E-state index contributed by atoms with van der Waals surface area (Å²) in [6, 6.07) is 17.8. The van der Waals surface area contributed by atoms with E-state index in [1.54, 1.807) is 7.11 Å². The van der Waals surface area contributed by atoms with Gasteiger partial charge in [-0.05, 0) is 55.7 Å². The molecule has 0 aromatic heterocycles. The average Bonchev–Trinajstić information content (AvgIpc) is 2.90. The van der Waals surface area contributed by atoms with Crippen LogP contribution < -0.4 is 15.0 Å². The van der Waals surface area contributed by atoms with E-state index in [1.807, 2.05) is 12.1 Å². The number of hydrogen-bond acceptors (Lipinski definition) is 3. The Hall–Kier alpha value is -1.42. The van der Waals surface area contributed by atoms with Gasteiger partial charge in [0.2, 0.25) is 0 Å². The minimum atomic E-state index is 0. The maximum absolute atomic E-state index is 5.27. The molecule has 0 radical (unpaired) electrons. The average molecular weight is 397 g/mol. The molecule has 5 heteroatoms. The molecule has 3 rings (SSSR count). The van der Waals surface area contributed by atoms with Gasteiger partial charge in [-0.15, -0.1) is 24.8 Å². The highest BCUT2D eigenvalue weighted by Gasteiger charge is 2.41. The van der Waals surface area contributed by atoms with Crippen molar-refractivity contribution in [1.82, 2.24) is 5.32 Å². The van der Waals surface area contributed by atoms with Crippen LogP contribution in [0.3, 0.4) is 0 Å². The second kappa shape index (κ2) is 8.98. The molecule has 1 aliphatic heterocycles. The predicted molar refractivity (Wildman–Crippen MR) is 116 cm³/mol. The first-order chi connectivity index (χ1) is 11.4. The molecule has 1 fully saturated rings. The molecule has 0 aliphatic carbocycles. The number of nitrogens with one attached hydrogen (secondary N) is 1. The van der Waals surface area contributed by atoms with Crippen molar-refractivity contribution in [2.75, 3.05) is 26.1 Å². The fraction of sp³-hybridized carbons (Fsp3) is 0.429. The summed E-state index contributed by atoms with van der Waals surface area (Å²) in [6.45, 7) is 4.61. The van der Waals surface area contributed by atoms with Gasteiger partial charge in [0.25, 0.3) is 0 Å². The van der Waals surface area contributed by atoms with Gasteiger partial charge in [-0.1, -0.05) is 24.3 Å². The highest BCUT2D eigenvalue weighted by Crippen LogP contribution is 2.44. The Balaban J connectivity index is 0.00000169. The van der Waals surface area contributed by atoms with Crippen molar-refractivity contribution >= 4 is 30.5 Å². The van der Waals surface area contributed by atoms with Crippen LogP contribution in [0.15, 0.2) is 48.5 Å². The summed E-state index contributed by atoms with van der Waals surface area (Å²) < 4.78 is 5.27. The number of nitrogens with zero attached hydrogens (tertiary/aromatic N) is 1. The van der Waals surface area contributed by atoms with Crippen LogP contribution in [-0.2, 0) is 0 Å². The largest absolute Gasteiger partial charge is 0.497 e. The second-order valence-electron chi connectivity index (χ2n) is 7.47. The van der Waals surface area contributed by atoms with E-state index < -0.39 is 0 Å². The predicted octanol–water partition coefficient (Wildman–Crippen LogP) is 5.20. The summed E-state index contributed by atoms with van der Waals surface area (Å²) >= 11 is 0. The van der Waals surface area contributed by atoms with Crippen LogP contribution in [0, 0.1) is 0 Å². The summed E-state index contributed by atoms with van der Waals surface area (Å²) in [7, 11) is 5.87. The molecule has 2 atom stereocenters. The van der Waals surface area contributed by atoms with E-state index in [0.29, 0.717) is 12.0 Å². The van der Waals surface area contributed by atoms with Gasteiger partial charge in [0.1, 0.15) is 5.75 Å². The maximum Gasteiger partial charge on any atom is 0.118 e. The van der Waals surface area contributed by atoms with E-state index in [4.69, 9.17) is 4.74 Å². The maximum atomic E-state index is 5.27. The van der Waals surface area contributed by atoms with Crippen molar-refractivity contribution in [2.24, 2.45) is 0 Å². The molecule has 3 nitrogen and oxygen atoms in total. The minimum Gasteiger partial charge on any atom is -0.497 e. The summed E-state index contributed by atoms with van der Waals surface area (Å²) in [5, 5.41) is 3.82. The van der Waals surface area contributed by atoms with Crippen molar-refractivity contribution in [3.63, 3.8) is 0 Å². The molecule has 144 valence electrons. The van der Waals surface area contributed by atoms with Gasteiger partial charge in [0.05, 0.1) is 7.11 Å². The third-order valence-corrected chi connectivity index (χ3v) is 5.22. The molecule has 2 unspecified atom stereocenters. The molecular weight excluding hydrogens is 367 g/mol. The van der Waals surface area contributed by atoms with Crippen molar-refractivity contribution in [3.05, 3.63) is 59.7 Å². The van der Waals surface area contributed by atoms with Crippen LogP contribution in [-0.4, -0.2) is 26.7 Å². The SMILES string of the molecule is COc1ccc(C2CC(c3ccc(N(C)C)cc3)C(C)(C)N2)cc1.Cl.Cl. The highest BCUT2D eigenvalue weighted by molar-refractivity contribution is 5.85. The summed E-state index contributed by atoms with van der Waals surface area (Å²) in [4.78, 5) is 2.14. The molecule has 0 bridgehead atoms. The zero-order valence-electron chi connectivity index (χ0n) is 16.2. The van der Waals surface area contributed by atoms with Crippen LogP contribution in [0.1, 0.15) is 43.4 Å². The first-order valence-corrected chi connectivity index (χ1v) is 8.59. The van der Waals surface area contributed by atoms with Gasteiger partial charge in [0, 0.05) is 37.3 Å². The monoisotopic (exact) mass is 396 g/mol. The Morgan fingerprint density at radius 2 is 1.46 bits per heavy atom. The van der Waals surface area contributed by atoms with E-state index in [9.17, 15) is 0 Å². The summed E-state index contributed by atoms with van der Waals surface area (Å²) in [5.41, 5.74) is 4.06. The van der Waals surface area contributed by atoms with E-state index in [2.05, 4.69) is 74.6 Å². The molecule has 0 saturated carbocycles. The number of hydrogen-bond donors (Lipinski definition) is 1. The Morgan fingerprint density at radius 3 is 1.96 bits per heavy atom. The third kappa shape index (κ3) is 4.64. The summed E-state index contributed by atoms with van der Waals surface area (Å²) in [6.07, 6.45) is 1.11. The van der Waals surface area contributed by atoms with Crippen LogP contribution in [0.4, 0.5) is 5.69 Å². The normalized spacial score (nSPS) is 20.7. The fourth-order valence-corrected chi connectivity index (χ4v) is 3.75. The number of ether oxygens (including phenoxy) is 1. The lowest BCUT2D eigenvalue weighted by molar-refractivity contribution is 0.397. The van der Waals surface area contributed by atoms with Crippen molar-refractivity contribution < 1.29 is 4.74 Å². The van der Waals surface area contributed by atoms with Crippen LogP contribution in [0.25, 0.3) is 0 Å². The minimum absolute atomic E-state index is 0. The highest BCUT2D eigenvalue weighted by atomic mass is 35.5. The number of rotatable bonds is 4. The number of methoxy groups -OCH3 is 1. The second-order valence-corrected chi connectivity index (χ2v) is 7.47. The lowest BCUT2D eigenvalue weighted by Crippen LogP contribution is -2.37. The molecule has 26 heavy (non-hydrogen) atoms. The van der Waals surface area contributed by atoms with Crippen LogP contribution >= 0.6 is 24.8 Å². The van der Waals surface area contributed by atoms with Gasteiger partial charge in [-0.25, -0.2) is 0 Å². The van der Waals surface area contributed by atoms with Gasteiger partial charge in [0.15, 0.2) is 0 Å². The molecule has 1 N–H and O–H groups in total. The fourth-order valence-electron chi connectivity index (χ4n) is 3.75. The quantitative estimate of drug-likeness (QED) is 0.767. The van der Waals surface area contributed by atoms with Gasteiger partial charge < -0.3 is 15.0 Å². The Bertz CT molecular complexity index is 684. The number of anilines is 1. The zero-order valence-corrected chi connectivity index (χ0v) is 17.8. The van der Waals surface area contributed by atoms with Crippen LogP contribution in [0.5, 0.6) is 5.75 Å². The number of benzene rings is 2. The molecule has 1 heterocycles. The van der Waals surface area contributed by atoms with E-state index in [1.165, 1.54) is 16.8 Å². The molecular formula is C21H30Cl2N2O. The third-order valence-electron chi connectivity index (χ3n) is 5.22. The van der Waals surface area contributed by atoms with E-state index >= 15 is 0 Å². The first kappa shape index (κ1) is 22.6. The van der Waals surface area contributed by atoms with Crippen molar-refractivity contribution in [3.8, 4) is 5.75 Å². The molecule has 1 saturated heterocycles. The van der Waals surface area contributed by atoms with E-state index in [-0.39, 0.29) is 30.4 Å². The van der Waals surface area contributed by atoms with Gasteiger partial charge >= 0.3 is 0 Å². The Labute approximate surface area is 169 Å². The summed E-state index contributed by atoms with van der Waals surface area (Å²) in [5.74, 6) is 1.41. The molecule has 0 amide bonds. The lowest BCUT2D eigenvalue weighted by atomic mass is 9.82. The molecule has 0 spiro atoms. The van der Waals surface area contributed by atoms with Crippen molar-refractivity contribution in [1.29, 1.82) is 0 Å². The zero-order chi connectivity index (χ0) is 17.3. The Kier molecular flexibility index (Phi) is 7.82. The topological polar surface area (TPSA) is 24.5 Å². The van der Waals surface area contributed by atoms with E-state index in [0.717, 1.165) is 12.2 Å². The molecule has 2 aromatic rings. The smallest absolute Gasteiger partial charge is 0.118 e. The Morgan fingerprint density at radius 1 is 0.923 bits per heavy atom. The standard InChI is InChI=1S/C21H28N2O.2ClH/c1-21(2)19(15-6-10-17(11-7-15)23(3)4)14-20(22-21)16-8-12-18(24-5)13-9-16;;/h6-13,19-20,22H,14H2,1-5H3;2*1H. The van der Waals surface area contributed by atoms with Gasteiger partial charge in [-0.3, -0.25) is 0 Å². The first-order valence-electron chi connectivity index (χ1n) is 8.59. The van der Waals surface area contributed by atoms with Gasteiger partial charge in [-0.2, -0.15) is 0 Å². The lowest BCUT2D eigenvalue weighted by Gasteiger charge is -2.28. The van der Waals surface area contributed by atoms with Crippen molar-refractivity contribution in [2.45, 2.75) is 37.8 Å². The number of halogens is 2. The molecule has 2 aromatic carbocycles.